The van der Waals surface area contributed by atoms with Crippen LogP contribution in [0.3, 0.4) is 0 Å². The molecule has 0 spiro atoms. The van der Waals surface area contributed by atoms with Crippen LogP contribution in [0.25, 0.3) is 11.1 Å². The fraction of sp³-hybridized carbons (Fsp3) is 0.294. The zero-order valence-corrected chi connectivity index (χ0v) is 36.9. The molecule has 0 fully saturated rings. The van der Waals surface area contributed by atoms with Crippen molar-refractivity contribution in [1.29, 1.82) is 0 Å². The van der Waals surface area contributed by atoms with Crippen LogP contribution in [0.4, 0.5) is 86.8 Å². The summed E-state index contributed by atoms with van der Waals surface area (Å²) < 4.78 is 175. The summed E-state index contributed by atoms with van der Waals surface area (Å²) in [6, 6.07) is 37.4. The van der Waals surface area contributed by atoms with Crippen molar-refractivity contribution < 1.29 is 71.6 Å². The molecule has 0 radical (unpaired) electrons. The third kappa shape index (κ3) is 13.3. The molecule has 6 aromatic rings. The maximum atomic E-state index is 12.8. The first-order valence-electron chi connectivity index (χ1n) is 21.5. The summed E-state index contributed by atoms with van der Waals surface area (Å²) in [5, 5.41) is 0. The van der Waals surface area contributed by atoms with Crippen LogP contribution in [0.5, 0.6) is 23.0 Å². The van der Waals surface area contributed by atoms with Crippen LogP contribution in [0.2, 0.25) is 0 Å². The van der Waals surface area contributed by atoms with Gasteiger partial charge in [-0.15, -0.1) is 0 Å². The zero-order valence-electron chi connectivity index (χ0n) is 36.9. The van der Waals surface area contributed by atoms with Gasteiger partial charge in [0.2, 0.25) is 0 Å². The standard InChI is InChI=1S/C51H44F12N2O4/c1-47(2)45-31-37(64(33-3-13-39(14-4-33)66-27-23-48(52,53)54)34-5-15-40(16-6-34)67-28-24-49(55,56)57)11-21-43(45)44-22-12-38(32-46(44)47)65(35-7-17-41(18-8-35)68-29-25-50(58,59)60)36-9-19-42(20-10-36)69-30-26-51(61,62)63/h3-22,31-32H,23-30H2,1-2H3. The van der Waals surface area contributed by atoms with Crippen LogP contribution >= 0.6 is 0 Å². The van der Waals surface area contributed by atoms with Crippen molar-refractivity contribution in [2.45, 2.75) is 69.7 Å². The second kappa shape index (κ2) is 20.1. The number of benzene rings is 6. The topological polar surface area (TPSA) is 43.4 Å². The Morgan fingerprint density at radius 1 is 0.333 bits per heavy atom. The van der Waals surface area contributed by atoms with Crippen LogP contribution in [0.15, 0.2) is 133 Å². The Kier molecular flexibility index (Phi) is 14.6. The highest BCUT2D eigenvalue weighted by Gasteiger charge is 2.37. The van der Waals surface area contributed by atoms with Crippen molar-refractivity contribution >= 4 is 34.1 Å². The lowest BCUT2D eigenvalue weighted by molar-refractivity contribution is -0.140. The SMILES string of the molecule is CC1(C)c2cc(N(c3ccc(OCCC(F)(F)F)cc3)c3ccc(OCCC(F)(F)F)cc3)ccc2-c2ccc(N(c3ccc(OCCC(F)(F)F)cc3)c3ccc(OCCC(F)(F)F)cc3)cc21. The molecule has 7 rings (SSSR count). The number of halogens is 12. The van der Waals surface area contributed by atoms with E-state index in [0.717, 1.165) is 22.3 Å². The van der Waals surface area contributed by atoms with Crippen LogP contribution in [0.1, 0.15) is 50.7 Å². The van der Waals surface area contributed by atoms with Gasteiger partial charge < -0.3 is 28.7 Å². The summed E-state index contributed by atoms with van der Waals surface area (Å²) in [7, 11) is 0. The normalized spacial score (nSPS) is 13.4. The monoisotopic (exact) mass is 976 g/mol. The van der Waals surface area contributed by atoms with Gasteiger partial charge in [-0.1, -0.05) is 26.0 Å². The third-order valence-corrected chi connectivity index (χ3v) is 11.2. The number of fused-ring (bicyclic) bond motifs is 3. The highest BCUT2D eigenvalue weighted by atomic mass is 19.4. The van der Waals surface area contributed by atoms with Crippen molar-refractivity contribution in [1.82, 2.24) is 0 Å². The van der Waals surface area contributed by atoms with E-state index in [4.69, 9.17) is 18.9 Å². The lowest BCUT2D eigenvalue weighted by Crippen LogP contribution is -2.18. The smallest absolute Gasteiger partial charge is 0.392 e. The molecule has 1 aliphatic carbocycles. The molecule has 0 atom stereocenters. The van der Waals surface area contributed by atoms with Gasteiger partial charge in [0.25, 0.3) is 0 Å². The van der Waals surface area contributed by atoms with Gasteiger partial charge >= 0.3 is 24.7 Å². The van der Waals surface area contributed by atoms with Crippen molar-refractivity contribution in [3.8, 4) is 34.1 Å². The molecule has 366 valence electrons. The van der Waals surface area contributed by atoms with Gasteiger partial charge in [-0.2, -0.15) is 52.7 Å². The highest BCUT2D eigenvalue weighted by molar-refractivity contribution is 5.88. The van der Waals surface area contributed by atoms with Crippen LogP contribution < -0.4 is 28.7 Å². The number of hydrogen-bond acceptors (Lipinski definition) is 6. The first kappa shape index (κ1) is 50.2. The van der Waals surface area contributed by atoms with Gasteiger partial charge in [-0.3, -0.25) is 0 Å². The van der Waals surface area contributed by atoms with Gasteiger partial charge in [0.1, 0.15) is 23.0 Å². The molecule has 0 saturated carbocycles. The molecule has 69 heavy (non-hydrogen) atoms. The fourth-order valence-electron chi connectivity index (χ4n) is 7.79. The van der Waals surface area contributed by atoms with Crippen molar-refractivity contribution in [2.75, 3.05) is 36.2 Å². The Balaban J connectivity index is 1.22. The van der Waals surface area contributed by atoms with Crippen LogP contribution in [-0.4, -0.2) is 51.1 Å². The predicted octanol–water partition coefficient (Wildman–Crippen LogP) is 16.3. The van der Waals surface area contributed by atoms with E-state index < -0.39 is 82.2 Å². The van der Waals surface area contributed by atoms with E-state index in [0.29, 0.717) is 34.1 Å². The lowest BCUT2D eigenvalue weighted by atomic mass is 9.82. The molecular formula is C51H44F12N2O4. The third-order valence-electron chi connectivity index (χ3n) is 11.2. The molecule has 0 amide bonds. The second-order valence-corrected chi connectivity index (χ2v) is 16.6. The molecule has 6 aromatic carbocycles. The molecule has 0 aromatic heterocycles. The number of rotatable bonds is 18. The molecule has 0 heterocycles. The molecule has 0 aliphatic heterocycles. The quantitative estimate of drug-likeness (QED) is 0.0800. The molecule has 6 nitrogen and oxygen atoms in total. The van der Waals surface area contributed by atoms with Gasteiger partial charge in [0.15, 0.2) is 0 Å². The van der Waals surface area contributed by atoms with Crippen molar-refractivity contribution in [3.05, 3.63) is 145 Å². The number of anilines is 6. The number of hydrogen-bond donors (Lipinski definition) is 0. The molecule has 0 unspecified atom stereocenters. The fourth-order valence-corrected chi connectivity index (χ4v) is 7.79. The zero-order chi connectivity index (χ0) is 49.8. The van der Waals surface area contributed by atoms with Crippen LogP contribution in [-0.2, 0) is 5.41 Å². The summed E-state index contributed by atoms with van der Waals surface area (Å²) in [5.41, 5.74) is 6.70. The molecular weight excluding hydrogens is 933 g/mol. The number of ether oxygens (including phenoxy) is 4. The van der Waals surface area contributed by atoms with Gasteiger partial charge in [-0.05, 0) is 144 Å². The maximum absolute atomic E-state index is 12.8. The largest absolute Gasteiger partial charge is 0.493 e. The number of nitrogens with zero attached hydrogens (tertiary/aromatic N) is 2. The molecule has 0 saturated heterocycles. The van der Waals surface area contributed by atoms with Gasteiger partial charge in [-0.25, -0.2) is 0 Å². The Bertz CT molecular complexity index is 2340. The van der Waals surface area contributed by atoms with Gasteiger partial charge in [0.05, 0.1) is 52.1 Å². The van der Waals surface area contributed by atoms with E-state index in [9.17, 15) is 52.7 Å². The van der Waals surface area contributed by atoms with Crippen LogP contribution in [0, 0.1) is 0 Å². The average Bonchev–Trinajstić information content (AvgIpc) is 3.49. The Morgan fingerprint density at radius 3 is 0.768 bits per heavy atom. The highest BCUT2D eigenvalue weighted by Crippen LogP contribution is 2.53. The first-order chi connectivity index (χ1) is 32.4. The van der Waals surface area contributed by atoms with E-state index in [1.165, 1.54) is 48.5 Å². The van der Waals surface area contributed by atoms with E-state index in [-0.39, 0.29) is 23.0 Å². The second-order valence-electron chi connectivity index (χ2n) is 16.6. The summed E-state index contributed by atoms with van der Waals surface area (Å²) in [6.07, 6.45) is -22.1. The summed E-state index contributed by atoms with van der Waals surface area (Å²) >= 11 is 0. The van der Waals surface area contributed by atoms with E-state index >= 15 is 0 Å². The lowest BCUT2D eigenvalue weighted by Gasteiger charge is -2.29. The molecule has 18 heteroatoms. The maximum Gasteiger partial charge on any atom is 0.392 e. The average molecular weight is 977 g/mol. The predicted molar refractivity (Wildman–Crippen MR) is 238 cm³/mol. The molecule has 0 bridgehead atoms. The number of alkyl halides is 12. The Labute approximate surface area is 389 Å². The summed E-state index contributed by atoms with van der Waals surface area (Å²) in [6.45, 7) is 1.78. The minimum atomic E-state index is -4.40. The minimum absolute atomic E-state index is 0.210. The van der Waals surface area contributed by atoms with E-state index in [2.05, 4.69) is 0 Å². The minimum Gasteiger partial charge on any atom is -0.493 e. The summed E-state index contributed by atoms with van der Waals surface area (Å²) in [4.78, 5) is 3.75. The van der Waals surface area contributed by atoms with Gasteiger partial charge in [0, 0.05) is 39.5 Å². The molecule has 0 N–H and O–H groups in total. The summed E-state index contributed by atoms with van der Waals surface area (Å²) in [5.74, 6) is 0.841. The van der Waals surface area contributed by atoms with E-state index in [1.54, 1.807) is 48.5 Å². The van der Waals surface area contributed by atoms with Crippen molar-refractivity contribution in [3.63, 3.8) is 0 Å². The van der Waals surface area contributed by atoms with E-state index in [1.807, 2.05) is 60.0 Å². The Hall–Kier alpha value is -6.72. The van der Waals surface area contributed by atoms with Crippen molar-refractivity contribution in [2.24, 2.45) is 0 Å². The molecule has 1 aliphatic rings. The first-order valence-corrected chi connectivity index (χ1v) is 21.5. The Morgan fingerprint density at radius 2 is 0.551 bits per heavy atom.